The van der Waals surface area contributed by atoms with Crippen molar-refractivity contribution >= 4 is 21.7 Å². The average Bonchev–Trinajstić information content (AvgIpc) is 2.38. The van der Waals surface area contributed by atoms with Crippen LogP contribution in [0.25, 0.3) is 0 Å². The number of rotatable bonds is 8. The summed E-state index contributed by atoms with van der Waals surface area (Å²) >= 11 is 0. The predicted molar refractivity (Wildman–Crippen MR) is 77.8 cm³/mol. The fourth-order valence-electron chi connectivity index (χ4n) is 1.68. The van der Waals surface area contributed by atoms with E-state index in [0.29, 0.717) is 17.7 Å². The van der Waals surface area contributed by atoms with E-state index in [2.05, 4.69) is 4.72 Å². The van der Waals surface area contributed by atoms with Crippen molar-refractivity contribution in [2.24, 2.45) is 0 Å². The van der Waals surface area contributed by atoms with Crippen molar-refractivity contribution in [1.82, 2.24) is 4.72 Å². The molecule has 112 valence electrons. The van der Waals surface area contributed by atoms with E-state index in [9.17, 15) is 13.2 Å². The first kappa shape index (κ1) is 16.5. The number of carboxylic acids is 1. The third-order valence-electron chi connectivity index (χ3n) is 2.81. The summed E-state index contributed by atoms with van der Waals surface area (Å²) < 4.78 is 25.7. The fraction of sp³-hybridized carbons (Fsp3) is 0.462. The number of carboxylic acid groups (broad SMARTS) is 1. The first-order valence-corrected chi connectivity index (χ1v) is 8.06. The number of nitrogens with two attached hydrogens (primary N) is 1. The third-order valence-corrected chi connectivity index (χ3v) is 4.28. The Kier molecular flexibility index (Phi) is 5.97. The number of hydrogen-bond donors (Lipinski definition) is 3. The summed E-state index contributed by atoms with van der Waals surface area (Å²) in [6.45, 7) is 1.87. The molecular formula is C13H20N2O4S. The SMILES string of the molecule is CCCCS(=O)(=O)N[C@@H](Cc1ccc(N)cc1)C(=O)O. The molecule has 0 aromatic heterocycles. The molecule has 4 N–H and O–H groups in total. The number of aliphatic carboxylic acids is 1. The summed E-state index contributed by atoms with van der Waals surface area (Å²) in [6, 6.07) is 5.51. The number of nitrogen functional groups attached to an aromatic ring is 1. The molecule has 1 aromatic rings. The first-order chi connectivity index (χ1) is 9.34. The molecule has 1 rings (SSSR count). The van der Waals surface area contributed by atoms with Gasteiger partial charge in [-0.2, -0.15) is 0 Å². The Morgan fingerprint density at radius 1 is 1.35 bits per heavy atom. The minimum Gasteiger partial charge on any atom is -0.480 e. The molecule has 6 nitrogen and oxygen atoms in total. The van der Waals surface area contributed by atoms with Crippen LogP contribution in [0.1, 0.15) is 25.3 Å². The second kappa shape index (κ2) is 7.25. The van der Waals surface area contributed by atoms with Gasteiger partial charge in [0.05, 0.1) is 5.75 Å². The number of nitrogens with one attached hydrogen (secondary N) is 1. The van der Waals surface area contributed by atoms with E-state index < -0.39 is 22.0 Å². The lowest BCUT2D eigenvalue weighted by Gasteiger charge is -2.15. The summed E-state index contributed by atoms with van der Waals surface area (Å²) in [5.41, 5.74) is 6.83. The van der Waals surface area contributed by atoms with E-state index in [1.54, 1.807) is 24.3 Å². The van der Waals surface area contributed by atoms with Crippen LogP contribution in [0.3, 0.4) is 0 Å². The van der Waals surface area contributed by atoms with Crippen LogP contribution in [0.5, 0.6) is 0 Å². The van der Waals surface area contributed by atoms with E-state index in [4.69, 9.17) is 10.8 Å². The topological polar surface area (TPSA) is 109 Å². The maximum absolute atomic E-state index is 11.8. The van der Waals surface area contributed by atoms with E-state index >= 15 is 0 Å². The van der Waals surface area contributed by atoms with Crippen molar-refractivity contribution in [2.75, 3.05) is 11.5 Å². The smallest absolute Gasteiger partial charge is 0.322 e. The van der Waals surface area contributed by atoms with Gasteiger partial charge in [-0.15, -0.1) is 0 Å². The molecule has 0 aliphatic heterocycles. The highest BCUT2D eigenvalue weighted by molar-refractivity contribution is 7.89. The molecule has 20 heavy (non-hydrogen) atoms. The number of sulfonamides is 1. The molecule has 0 amide bonds. The molecule has 0 aliphatic carbocycles. The minimum atomic E-state index is -3.57. The maximum Gasteiger partial charge on any atom is 0.322 e. The van der Waals surface area contributed by atoms with Gasteiger partial charge in [-0.25, -0.2) is 13.1 Å². The number of hydrogen-bond acceptors (Lipinski definition) is 4. The molecule has 0 fully saturated rings. The Hall–Kier alpha value is -1.60. The summed E-state index contributed by atoms with van der Waals surface area (Å²) in [6.07, 6.45) is 1.32. The van der Waals surface area contributed by atoms with E-state index in [1.165, 1.54) is 0 Å². The standard InChI is InChI=1S/C13H20N2O4S/c1-2-3-8-20(18,19)15-12(13(16)17)9-10-4-6-11(14)7-5-10/h4-7,12,15H,2-3,8-9,14H2,1H3,(H,16,17)/t12-/m0/s1. The fourth-order valence-corrected chi connectivity index (χ4v) is 3.08. The minimum absolute atomic E-state index is 0.0605. The van der Waals surface area contributed by atoms with Gasteiger partial charge in [-0.3, -0.25) is 4.79 Å². The zero-order chi connectivity index (χ0) is 15.2. The molecule has 0 heterocycles. The van der Waals surface area contributed by atoms with E-state index in [0.717, 1.165) is 6.42 Å². The Morgan fingerprint density at radius 2 is 1.95 bits per heavy atom. The number of anilines is 1. The second-order valence-electron chi connectivity index (χ2n) is 4.63. The van der Waals surface area contributed by atoms with Gasteiger partial charge in [0.2, 0.25) is 10.0 Å². The Morgan fingerprint density at radius 3 is 2.45 bits per heavy atom. The molecular weight excluding hydrogens is 280 g/mol. The van der Waals surface area contributed by atoms with E-state index in [1.807, 2.05) is 6.92 Å². The first-order valence-electron chi connectivity index (χ1n) is 6.41. The van der Waals surface area contributed by atoms with Gasteiger partial charge >= 0.3 is 5.97 Å². The summed E-state index contributed by atoms with van der Waals surface area (Å²) in [4.78, 5) is 11.2. The highest BCUT2D eigenvalue weighted by Gasteiger charge is 2.23. The quantitative estimate of drug-likeness (QED) is 0.620. The summed E-state index contributed by atoms with van der Waals surface area (Å²) in [5, 5.41) is 9.13. The molecule has 7 heteroatoms. The number of carbonyl (C=O) groups is 1. The number of unbranched alkanes of at least 4 members (excludes halogenated alkanes) is 1. The van der Waals surface area contributed by atoms with Crippen LogP contribution in [0.2, 0.25) is 0 Å². The highest BCUT2D eigenvalue weighted by atomic mass is 32.2. The van der Waals surface area contributed by atoms with Crippen molar-refractivity contribution in [3.05, 3.63) is 29.8 Å². The Balaban J connectivity index is 2.75. The van der Waals surface area contributed by atoms with Crippen LogP contribution < -0.4 is 10.5 Å². The zero-order valence-electron chi connectivity index (χ0n) is 11.4. The van der Waals surface area contributed by atoms with Gasteiger partial charge in [0.1, 0.15) is 6.04 Å². The molecule has 0 spiro atoms. The highest BCUT2D eigenvalue weighted by Crippen LogP contribution is 2.09. The monoisotopic (exact) mass is 300 g/mol. The van der Waals surface area contributed by atoms with Crippen molar-refractivity contribution in [1.29, 1.82) is 0 Å². The zero-order valence-corrected chi connectivity index (χ0v) is 12.2. The van der Waals surface area contributed by atoms with Gasteiger partial charge in [0.15, 0.2) is 0 Å². The predicted octanol–water partition coefficient (Wildman–Crippen LogP) is 0.984. The Labute approximate surface area is 119 Å². The van der Waals surface area contributed by atoms with Crippen LogP contribution in [0.4, 0.5) is 5.69 Å². The molecule has 1 aromatic carbocycles. The van der Waals surface area contributed by atoms with Crippen LogP contribution >= 0.6 is 0 Å². The van der Waals surface area contributed by atoms with Crippen LogP contribution in [0.15, 0.2) is 24.3 Å². The normalized spacial score (nSPS) is 13.1. The van der Waals surface area contributed by atoms with Gasteiger partial charge in [-0.1, -0.05) is 25.5 Å². The van der Waals surface area contributed by atoms with E-state index in [-0.39, 0.29) is 12.2 Å². The lowest BCUT2D eigenvalue weighted by atomic mass is 10.1. The third kappa shape index (κ3) is 5.58. The van der Waals surface area contributed by atoms with Crippen molar-refractivity contribution in [2.45, 2.75) is 32.2 Å². The molecule has 0 saturated carbocycles. The van der Waals surface area contributed by atoms with Crippen molar-refractivity contribution in [3.63, 3.8) is 0 Å². The van der Waals surface area contributed by atoms with Gasteiger partial charge < -0.3 is 10.8 Å². The van der Waals surface area contributed by atoms with Gasteiger partial charge in [-0.05, 0) is 30.5 Å². The second-order valence-corrected chi connectivity index (χ2v) is 6.50. The van der Waals surface area contributed by atoms with Crippen molar-refractivity contribution in [3.8, 4) is 0 Å². The van der Waals surface area contributed by atoms with Crippen LogP contribution in [0, 0.1) is 0 Å². The maximum atomic E-state index is 11.8. The average molecular weight is 300 g/mol. The molecule has 1 atom stereocenters. The van der Waals surface area contributed by atoms with Gasteiger partial charge in [0, 0.05) is 5.69 Å². The van der Waals surface area contributed by atoms with Crippen LogP contribution in [-0.2, 0) is 21.2 Å². The van der Waals surface area contributed by atoms with Gasteiger partial charge in [0.25, 0.3) is 0 Å². The van der Waals surface area contributed by atoms with Crippen LogP contribution in [-0.4, -0.2) is 31.3 Å². The molecule has 0 aliphatic rings. The molecule has 0 saturated heterocycles. The Bertz CT molecular complexity index is 540. The lowest BCUT2D eigenvalue weighted by molar-refractivity contribution is -0.138. The summed E-state index contributed by atoms with van der Waals surface area (Å²) in [7, 11) is -3.57. The molecule has 0 radical (unpaired) electrons. The summed E-state index contributed by atoms with van der Waals surface area (Å²) in [5.74, 6) is -1.25. The molecule has 0 bridgehead atoms. The lowest BCUT2D eigenvalue weighted by Crippen LogP contribution is -2.43. The molecule has 0 unspecified atom stereocenters. The number of benzene rings is 1. The van der Waals surface area contributed by atoms with Crippen molar-refractivity contribution < 1.29 is 18.3 Å². The largest absolute Gasteiger partial charge is 0.480 e.